The molecule has 5 heteroatoms. The third-order valence-corrected chi connectivity index (χ3v) is 3.61. The molecule has 1 amide bonds. The largest absolute Gasteiger partial charge is 0.310 e. The summed E-state index contributed by atoms with van der Waals surface area (Å²) in [6, 6.07) is 3.77. The molecule has 90 valence electrons. The van der Waals surface area contributed by atoms with Crippen molar-refractivity contribution in [2.75, 3.05) is 11.4 Å². The Balaban J connectivity index is 2.10. The van der Waals surface area contributed by atoms with Crippen molar-refractivity contribution in [1.82, 2.24) is 4.98 Å². The second-order valence-electron chi connectivity index (χ2n) is 4.10. The Labute approximate surface area is 104 Å². The van der Waals surface area contributed by atoms with Crippen LogP contribution in [0.1, 0.15) is 19.0 Å². The molecule has 0 aliphatic carbocycles. The molecule has 0 spiro atoms. The van der Waals surface area contributed by atoms with Crippen molar-refractivity contribution >= 4 is 28.5 Å². The summed E-state index contributed by atoms with van der Waals surface area (Å²) in [7, 11) is 0. The van der Waals surface area contributed by atoms with Crippen LogP contribution in [0.2, 0.25) is 0 Å². The molecule has 0 bridgehead atoms. The number of anilines is 1. The number of thioether (sulfide) groups is 1. The van der Waals surface area contributed by atoms with Gasteiger partial charge in [-0.05, 0) is 19.1 Å². The molecule has 1 aliphatic rings. The van der Waals surface area contributed by atoms with E-state index in [1.165, 1.54) is 18.7 Å². The molecule has 0 saturated carbocycles. The van der Waals surface area contributed by atoms with Crippen LogP contribution in [-0.4, -0.2) is 27.8 Å². The fourth-order valence-corrected chi connectivity index (χ4v) is 2.78. The molecular weight excluding hydrogens is 236 g/mol. The van der Waals surface area contributed by atoms with Crippen LogP contribution < -0.4 is 4.90 Å². The number of aryl methyl sites for hydroxylation is 1. The highest BCUT2D eigenvalue weighted by Crippen LogP contribution is 2.28. The summed E-state index contributed by atoms with van der Waals surface area (Å²) in [5, 5.41) is 0.132. The molecule has 4 nitrogen and oxygen atoms in total. The summed E-state index contributed by atoms with van der Waals surface area (Å²) in [5.74, 6) is 0.0643. The van der Waals surface area contributed by atoms with Crippen LogP contribution in [0.4, 0.5) is 5.69 Å². The number of pyridine rings is 1. The minimum absolute atomic E-state index is 0.0617. The number of rotatable bonds is 2. The van der Waals surface area contributed by atoms with Gasteiger partial charge in [-0.15, -0.1) is 0 Å². The number of carbonyl (C=O) groups is 2. The molecule has 2 heterocycles. The van der Waals surface area contributed by atoms with Crippen LogP contribution in [0.5, 0.6) is 0 Å². The van der Waals surface area contributed by atoms with Crippen molar-refractivity contribution in [2.24, 2.45) is 0 Å². The van der Waals surface area contributed by atoms with Gasteiger partial charge >= 0.3 is 0 Å². The van der Waals surface area contributed by atoms with Gasteiger partial charge in [0.25, 0.3) is 0 Å². The molecule has 1 fully saturated rings. The van der Waals surface area contributed by atoms with Gasteiger partial charge in [0.2, 0.25) is 5.91 Å². The number of nitrogens with zero attached hydrogens (tertiary/aromatic N) is 2. The number of aromatic nitrogens is 1. The first-order valence-corrected chi connectivity index (χ1v) is 6.34. The third kappa shape index (κ3) is 2.85. The van der Waals surface area contributed by atoms with Gasteiger partial charge in [0.05, 0.1) is 11.9 Å². The highest BCUT2D eigenvalue weighted by molar-refractivity contribution is 8.14. The smallest absolute Gasteiger partial charge is 0.228 e. The maximum atomic E-state index is 11.8. The van der Waals surface area contributed by atoms with E-state index in [-0.39, 0.29) is 16.3 Å². The zero-order valence-corrected chi connectivity index (χ0v) is 10.7. The highest BCUT2D eigenvalue weighted by Gasteiger charge is 2.31. The van der Waals surface area contributed by atoms with Crippen LogP contribution in [0.25, 0.3) is 0 Å². The summed E-state index contributed by atoms with van der Waals surface area (Å²) in [5.41, 5.74) is 1.74. The van der Waals surface area contributed by atoms with Crippen molar-refractivity contribution in [3.63, 3.8) is 0 Å². The number of amides is 1. The zero-order valence-electron chi connectivity index (χ0n) is 9.84. The number of hydrogen-bond donors (Lipinski definition) is 0. The van der Waals surface area contributed by atoms with Gasteiger partial charge in [0.15, 0.2) is 5.12 Å². The van der Waals surface area contributed by atoms with Crippen LogP contribution in [0, 0.1) is 6.92 Å². The van der Waals surface area contributed by atoms with E-state index >= 15 is 0 Å². The average Bonchev–Trinajstić information content (AvgIpc) is 2.59. The normalized spacial score (nSPS) is 19.8. The van der Waals surface area contributed by atoms with Gasteiger partial charge in [-0.2, -0.15) is 0 Å². The SMILES string of the molecule is CC(=O)SC1CC(=O)N(c2ccc(C)nc2)C1. The molecule has 1 atom stereocenters. The predicted octanol–water partition coefficient (Wildman–Crippen LogP) is 1.78. The van der Waals surface area contributed by atoms with Gasteiger partial charge in [-0.25, -0.2) is 0 Å². The Hall–Kier alpha value is -1.36. The molecule has 2 rings (SSSR count). The Morgan fingerprint density at radius 3 is 2.88 bits per heavy atom. The highest BCUT2D eigenvalue weighted by atomic mass is 32.2. The lowest BCUT2D eigenvalue weighted by molar-refractivity contribution is -0.117. The molecule has 1 saturated heterocycles. The fraction of sp³-hybridized carbons (Fsp3) is 0.417. The molecule has 1 aromatic rings. The second-order valence-corrected chi connectivity index (χ2v) is 5.57. The van der Waals surface area contributed by atoms with Gasteiger partial charge in [0, 0.05) is 30.8 Å². The van der Waals surface area contributed by atoms with E-state index in [1.54, 1.807) is 11.1 Å². The Kier molecular flexibility index (Phi) is 3.47. The van der Waals surface area contributed by atoms with E-state index in [0.717, 1.165) is 11.4 Å². The average molecular weight is 250 g/mol. The first kappa shape index (κ1) is 12.1. The summed E-state index contributed by atoms with van der Waals surface area (Å²) in [6.45, 7) is 4.03. The lowest BCUT2D eigenvalue weighted by Gasteiger charge is -2.15. The molecule has 1 aliphatic heterocycles. The first-order valence-electron chi connectivity index (χ1n) is 5.46. The minimum atomic E-state index is 0.0617. The molecule has 0 aromatic carbocycles. The maximum absolute atomic E-state index is 11.8. The lowest BCUT2D eigenvalue weighted by Crippen LogP contribution is -2.25. The van der Waals surface area contributed by atoms with Crippen molar-refractivity contribution < 1.29 is 9.59 Å². The summed E-state index contributed by atoms with van der Waals surface area (Å²) >= 11 is 1.25. The number of carbonyl (C=O) groups excluding carboxylic acids is 2. The Bertz CT molecular complexity index is 444. The van der Waals surface area contributed by atoms with E-state index in [1.807, 2.05) is 19.1 Å². The quantitative estimate of drug-likeness (QED) is 0.802. The molecule has 0 N–H and O–H groups in total. The number of hydrogen-bond acceptors (Lipinski definition) is 4. The molecule has 17 heavy (non-hydrogen) atoms. The second kappa shape index (κ2) is 4.87. The monoisotopic (exact) mass is 250 g/mol. The third-order valence-electron chi connectivity index (χ3n) is 2.63. The van der Waals surface area contributed by atoms with E-state index in [9.17, 15) is 9.59 Å². The van der Waals surface area contributed by atoms with E-state index < -0.39 is 0 Å². The van der Waals surface area contributed by atoms with E-state index in [0.29, 0.717) is 13.0 Å². The fourth-order valence-electron chi connectivity index (χ4n) is 1.86. The molecule has 0 radical (unpaired) electrons. The predicted molar refractivity (Wildman–Crippen MR) is 68.0 cm³/mol. The van der Waals surface area contributed by atoms with Gasteiger partial charge in [-0.3, -0.25) is 14.6 Å². The van der Waals surface area contributed by atoms with Gasteiger partial charge < -0.3 is 4.90 Å². The minimum Gasteiger partial charge on any atom is -0.310 e. The summed E-state index contributed by atoms with van der Waals surface area (Å²) in [4.78, 5) is 28.7. The Morgan fingerprint density at radius 2 is 2.29 bits per heavy atom. The van der Waals surface area contributed by atoms with E-state index in [2.05, 4.69) is 4.98 Å². The molecular formula is C12H14N2O2S. The summed E-state index contributed by atoms with van der Waals surface area (Å²) in [6.07, 6.45) is 2.13. The van der Waals surface area contributed by atoms with Crippen LogP contribution in [0.15, 0.2) is 18.3 Å². The van der Waals surface area contributed by atoms with Gasteiger partial charge in [0.1, 0.15) is 0 Å². The van der Waals surface area contributed by atoms with Crippen molar-refractivity contribution in [3.8, 4) is 0 Å². The summed E-state index contributed by atoms with van der Waals surface area (Å²) < 4.78 is 0. The maximum Gasteiger partial charge on any atom is 0.228 e. The van der Waals surface area contributed by atoms with E-state index in [4.69, 9.17) is 0 Å². The van der Waals surface area contributed by atoms with Crippen LogP contribution >= 0.6 is 11.8 Å². The van der Waals surface area contributed by atoms with Gasteiger partial charge in [-0.1, -0.05) is 11.8 Å². The standard InChI is InChI=1S/C12H14N2O2S/c1-8-3-4-10(6-13-8)14-7-11(5-12(14)16)17-9(2)15/h3-4,6,11H,5,7H2,1-2H3. The first-order chi connectivity index (χ1) is 8.06. The van der Waals surface area contributed by atoms with Crippen LogP contribution in [-0.2, 0) is 9.59 Å². The Morgan fingerprint density at radius 1 is 1.53 bits per heavy atom. The topological polar surface area (TPSA) is 50.3 Å². The van der Waals surface area contributed by atoms with Crippen molar-refractivity contribution in [2.45, 2.75) is 25.5 Å². The van der Waals surface area contributed by atoms with Crippen LogP contribution in [0.3, 0.4) is 0 Å². The molecule has 1 aromatic heterocycles. The van der Waals surface area contributed by atoms with Crippen molar-refractivity contribution in [1.29, 1.82) is 0 Å². The lowest BCUT2D eigenvalue weighted by atomic mass is 10.3. The molecule has 1 unspecified atom stereocenters. The van der Waals surface area contributed by atoms with Crippen molar-refractivity contribution in [3.05, 3.63) is 24.0 Å². The zero-order chi connectivity index (χ0) is 12.4.